The molecule has 0 saturated carbocycles. The highest BCUT2D eigenvalue weighted by molar-refractivity contribution is 6.35. The summed E-state index contributed by atoms with van der Waals surface area (Å²) < 4.78 is 5.46. The molecule has 0 aliphatic carbocycles. The van der Waals surface area contributed by atoms with Gasteiger partial charge in [-0.25, -0.2) is 5.43 Å². The third-order valence-corrected chi connectivity index (χ3v) is 3.84. The van der Waals surface area contributed by atoms with Crippen molar-refractivity contribution in [2.24, 2.45) is 11.0 Å². The average Bonchev–Trinajstić information content (AvgIpc) is 2.73. The molecule has 3 amide bonds. The second kappa shape index (κ2) is 11.4. The van der Waals surface area contributed by atoms with E-state index in [1.165, 1.54) is 6.21 Å². The number of benzene rings is 2. The highest BCUT2D eigenvalue weighted by Gasteiger charge is 2.12. The van der Waals surface area contributed by atoms with E-state index in [4.69, 9.17) is 4.74 Å². The molecule has 0 unspecified atom stereocenters. The summed E-state index contributed by atoms with van der Waals surface area (Å²) in [4.78, 5) is 35.1. The van der Waals surface area contributed by atoms with E-state index in [1.54, 1.807) is 24.3 Å². The lowest BCUT2D eigenvalue weighted by Gasteiger charge is -2.08. The Morgan fingerprint density at radius 2 is 1.67 bits per heavy atom. The molecule has 8 nitrogen and oxygen atoms in total. The smallest absolute Gasteiger partial charge is 0.329 e. The maximum Gasteiger partial charge on any atom is 0.329 e. The van der Waals surface area contributed by atoms with Gasteiger partial charge in [0.1, 0.15) is 5.75 Å². The molecule has 0 atom stereocenters. The van der Waals surface area contributed by atoms with E-state index in [-0.39, 0.29) is 18.4 Å². The first-order chi connectivity index (χ1) is 14.3. The fraction of sp³-hybridized carbons (Fsp3) is 0.273. The van der Waals surface area contributed by atoms with E-state index in [1.807, 2.05) is 45.0 Å². The normalized spacial score (nSPS) is 10.7. The molecule has 2 aromatic rings. The molecule has 0 bridgehead atoms. The Bertz CT molecular complexity index is 890. The molecule has 0 fully saturated rings. The number of aryl methyl sites for hydroxylation is 1. The van der Waals surface area contributed by atoms with Crippen LogP contribution in [0, 0.1) is 12.8 Å². The third kappa shape index (κ3) is 8.14. The molecule has 0 aliphatic rings. The largest absolute Gasteiger partial charge is 0.484 e. The Balaban J connectivity index is 1.75. The van der Waals surface area contributed by atoms with Crippen LogP contribution in [0.3, 0.4) is 0 Å². The molecular formula is C22H26N4O4. The number of nitrogens with one attached hydrogen (secondary N) is 3. The zero-order valence-electron chi connectivity index (χ0n) is 17.3. The van der Waals surface area contributed by atoms with Crippen molar-refractivity contribution in [1.82, 2.24) is 10.7 Å². The van der Waals surface area contributed by atoms with Crippen LogP contribution in [-0.4, -0.2) is 37.1 Å². The summed E-state index contributed by atoms with van der Waals surface area (Å²) in [5, 5.41) is 9.02. The van der Waals surface area contributed by atoms with Crippen molar-refractivity contribution in [2.75, 3.05) is 18.5 Å². The fourth-order valence-corrected chi connectivity index (χ4v) is 2.23. The summed E-state index contributed by atoms with van der Waals surface area (Å²) in [6.45, 7) is 6.13. The number of anilines is 1. The van der Waals surface area contributed by atoms with Crippen LogP contribution in [0.15, 0.2) is 53.6 Å². The molecule has 0 aliphatic heterocycles. The van der Waals surface area contributed by atoms with Gasteiger partial charge in [-0.05, 0) is 54.8 Å². The van der Waals surface area contributed by atoms with Gasteiger partial charge in [-0.3, -0.25) is 14.4 Å². The van der Waals surface area contributed by atoms with Crippen LogP contribution >= 0.6 is 0 Å². The maximum atomic E-state index is 12.0. The monoisotopic (exact) mass is 410 g/mol. The van der Waals surface area contributed by atoms with Gasteiger partial charge in [0.15, 0.2) is 6.61 Å². The summed E-state index contributed by atoms with van der Waals surface area (Å²) in [5.41, 5.74) is 4.68. The lowest BCUT2D eigenvalue weighted by molar-refractivity contribution is -0.139. The predicted octanol–water partition coefficient (Wildman–Crippen LogP) is 2.23. The number of ether oxygens (including phenoxy) is 1. The van der Waals surface area contributed by atoms with Gasteiger partial charge >= 0.3 is 11.8 Å². The van der Waals surface area contributed by atoms with Crippen LogP contribution in [0.2, 0.25) is 0 Å². The average molecular weight is 410 g/mol. The van der Waals surface area contributed by atoms with Crippen LogP contribution in [0.1, 0.15) is 25.0 Å². The van der Waals surface area contributed by atoms with E-state index in [0.29, 0.717) is 23.5 Å². The minimum Gasteiger partial charge on any atom is -0.484 e. The Hall–Kier alpha value is -3.68. The highest BCUT2D eigenvalue weighted by atomic mass is 16.5. The number of hydrazone groups is 1. The molecule has 3 N–H and O–H groups in total. The lowest BCUT2D eigenvalue weighted by atomic mass is 10.2. The van der Waals surface area contributed by atoms with Crippen molar-refractivity contribution in [3.63, 3.8) is 0 Å². The van der Waals surface area contributed by atoms with Crippen molar-refractivity contribution in [2.45, 2.75) is 20.8 Å². The standard InChI is InChI=1S/C22H26N4O4/c1-15(2)12-23-21(28)22(29)26-24-13-17-6-10-19(11-7-17)30-14-20(27)25-18-8-4-16(3)5-9-18/h4-11,13,15H,12,14H2,1-3H3,(H,23,28)(H,25,27)(H,26,29)/b24-13-. The summed E-state index contributed by atoms with van der Waals surface area (Å²) in [6, 6.07) is 14.3. The van der Waals surface area contributed by atoms with E-state index in [0.717, 1.165) is 5.56 Å². The van der Waals surface area contributed by atoms with Gasteiger partial charge in [-0.15, -0.1) is 0 Å². The predicted molar refractivity (Wildman–Crippen MR) is 115 cm³/mol. The first kappa shape index (κ1) is 22.6. The van der Waals surface area contributed by atoms with Gasteiger partial charge in [0.2, 0.25) is 0 Å². The van der Waals surface area contributed by atoms with Gasteiger partial charge in [-0.1, -0.05) is 31.5 Å². The molecule has 2 rings (SSSR count). The topological polar surface area (TPSA) is 109 Å². The van der Waals surface area contributed by atoms with Crippen molar-refractivity contribution < 1.29 is 19.1 Å². The third-order valence-electron chi connectivity index (χ3n) is 3.84. The summed E-state index contributed by atoms with van der Waals surface area (Å²) in [6.07, 6.45) is 1.40. The Kier molecular flexibility index (Phi) is 8.56. The second-order valence-electron chi connectivity index (χ2n) is 7.07. The summed E-state index contributed by atoms with van der Waals surface area (Å²) in [5.74, 6) is -1.05. The summed E-state index contributed by atoms with van der Waals surface area (Å²) in [7, 11) is 0. The van der Waals surface area contributed by atoms with Crippen molar-refractivity contribution in [3.05, 3.63) is 59.7 Å². The van der Waals surface area contributed by atoms with E-state index in [9.17, 15) is 14.4 Å². The minimum absolute atomic E-state index is 0.122. The fourth-order valence-electron chi connectivity index (χ4n) is 2.23. The van der Waals surface area contributed by atoms with Crippen LogP contribution in [-0.2, 0) is 14.4 Å². The number of amides is 3. The van der Waals surface area contributed by atoms with Crippen LogP contribution in [0.4, 0.5) is 5.69 Å². The molecule has 2 aromatic carbocycles. The van der Waals surface area contributed by atoms with Crippen LogP contribution < -0.4 is 20.8 Å². The van der Waals surface area contributed by atoms with Gasteiger partial charge in [0.25, 0.3) is 5.91 Å². The van der Waals surface area contributed by atoms with E-state index in [2.05, 4.69) is 21.2 Å². The van der Waals surface area contributed by atoms with Crippen molar-refractivity contribution in [1.29, 1.82) is 0 Å². The van der Waals surface area contributed by atoms with Gasteiger partial charge in [-0.2, -0.15) is 5.10 Å². The first-order valence-corrected chi connectivity index (χ1v) is 9.54. The van der Waals surface area contributed by atoms with Crippen molar-refractivity contribution >= 4 is 29.6 Å². The molecule has 0 spiro atoms. The first-order valence-electron chi connectivity index (χ1n) is 9.54. The zero-order chi connectivity index (χ0) is 21.9. The van der Waals surface area contributed by atoms with E-state index < -0.39 is 11.8 Å². The molecule has 0 heterocycles. The lowest BCUT2D eigenvalue weighted by Crippen LogP contribution is -2.39. The molecular weight excluding hydrogens is 384 g/mol. The molecule has 8 heteroatoms. The number of nitrogens with zero attached hydrogens (tertiary/aromatic N) is 1. The molecule has 0 radical (unpaired) electrons. The van der Waals surface area contributed by atoms with Crippen LogP contribution in [0.5, 0.6) is 5.75 Å². The molecule has 30 heavy (non-hydrogen) atoms. The number of carbonyl (C=O) groups excluding carboxylic acids is 3. The molecule has 0 saturated heterocycles. The molecule has 158 valence electrons. The highest BCUT2D eigenvalue weighted by Crippen LogP contribution is 2.12. The quantitative estimate of drug-likeness (QED) is 0.352. The van der Waals surface area contributed by atoms with Gasteiger partial charge in [0, 0.05) is 12.2 Å². The Labute approximate surface area is 175 Å². The Morgan fingerprint density at radius 1 is 1.00 bits per heavy atom. The second-order valence-corrected chi connectivity index (χ2v) is 7.07. The number of hydrogen-bond donors (Lipinski definition) is 3. The SMILES string of the molecule is Cc1ccc(NC(=O)COc2ccc(/C=N\NC(=O)C(=O)NCC(C)C)cc2)cc1. The number of carbonyl (C=O) groups is 3. The number of hydrogen-bond acceptors (Lipinski definition) is 5. The maximum absolute atomic E-state index is 12.0. The molecule has 0 aromatic heterocycles. The van der Waals surface area contributed by atoms with E-state index >= 15 is 0 Å². The number of rotatable bonds is 8. The Morgan fingerprint density at radius 3 is 2.30 bits per heavy atom. The van der Waals surface area contributed by atoms with Crippen LogP contribution in [0.25, 0.3) is 0 Å². The zero-order valence-corrected chi connectivity index (χ0v) is 17.3. The van der Waals surface area contributed by atoms with Gasteiger partial charge in [0.05, 0.1) is 6.21 Å². The van der Waals surface area contributed by atoms with Crippen molar-refractivity contribution in [3.8, 4) is 5.75 Å². The minimum atomic E-state index is -0.827. The summed E-state index contributed by atoms with van der Waals surface area (Å²) >= 11 is 0. The van der Waals surface area contributed by atoms with Gasteiger partial charge < -0.3 is 15.4 Å².